The molecule has 0 radical (unpaired) electrons. The highest BCUT2D eigenvalue weighted by Gasteiger charge is 2.50. The van der Waals surface area contributed by atoms with E-state index in [-0.39, 0.29) is 11.3 Å². The molecule has 1 unspecified atom stereocenters. The largest absolute Gasteiger partial charge is 0.324 e. The van der Waals surface area contributed by atoms with Crippen LogP contribution < -0.4 is 4.72 Å². The van der Waals surface area contributed by atoms with Crippen molar-refractivity contribution in [2.75, 3.05) is 6.54 Å². The molecule has 1 fully saturated rings. The summed E-state index contributed by atoms with van der Waals surface area (Å²) in [5.74, 6) is -2.17. The SMILES string of the molecule is Cc1ccc(F)c(S(=O)(=O)NC(=O)C2(C)CCN2C(=O)c2ccc(C(C)(C)C)cc2)c1. The van der Waals surface area contributed by atoms with E-state index >= 15 is 0 Å². The summed E-state index contributed by atoms with van der Waals surface area (Å²) < 4.78 is 41.2. The third kappa shape index (κ3) is 4.35. The van der Waals surface area contributed by atoms with Gasteiger partial charge in [0, 0.05) is 12.1 Å². The van der Waals surface area contributed by atoms with Gasteiger partial charge < -0.3 is 4.90 Å². The highest BCUT2D eigenvalue weighted by atomic mass is 32.2. The maximum absolute atomic E-state index is 14.1. The average molecular weight is 447 g/mol. The van der Waals surface area contributed by atoms with Crippen molar-refractivity contribution in [3.8, 4) is 0 Å². The molecule has 1 aliphatic heterocycles. The lowest BCUT2D eigenvalue weighted by Crippen LogP contribution is -2.67. The summed E-state index contributed by atoms with van der Waals surface area (Å²) in [5.41, 5.74) is 0.623. The quantitative estimate of drug-likeness (QED) is 0.779. The van der Waals surface area contributed by atoms with Gasteiger partial charge in [-0.15, -0.1) is 0 Å². The monoisotopic (exact) mass is 446 g/mol. The van der Waals surface area contributed by atoms with Gasteiger partial charge in [-0.2, -0.15) is 0 Å². The molecule has 1 aliphatic rings. The van der Waals surface area contributed by atoms with Crippen LogP contribution in [0.15, 0.2) is 47.4 Å². The van der Waals surface area contributed by atoms with Crippen LogP contribution in [-0.2, 0) is 20.2 Å². The van der Waals surface area contributed by atoms with Crippen LogP contribution >= 0.6 is 0 Å². The van der Waals surface area contributed by atoms with Crippen LogP contribution in [0.5, 0.6) is 0 Å². The van der Waals surface area contributed by atoms with Crippen molar-refractivity contribution in [2.45, 2.75) is 56.9 Å². The normalized spacial score (nSPS) is 19.0. The zero-order valence-corrected chi connectivity index (χ0v) is 19.1. The molecular formula is C23H27FN2O4S. The van der Waals surface area contributed by atoms with Gasteiger partial charge in [0.15, 0.2) is 0 Å². The molecule has 2 aromatic carbocycles. The molecule has 31 heavy (non-hydrogen) atoms. The fraction of sp³-hybridized carbons (Fsp3) is 0.391. The first-order chi connectivity index (χ1) is 14.3. The molecular weight excluding hydrogens is 419 g/mol. The first kappa shape index (κ1) is 22.9. The summed E-state index contributed by atoms with van der Waals surface area (Å²) in [4.78, 5) is 26.6. The molecule has 0 aromatic heterocycles. The molecule has 1 N–H and O–H groups in total. The summed E-state index contributed by atoms with van der Waals surface area (Å²) in [7, 11) is -4.42. The Labute approximate surface area is 182 Å². The number of carbonyl (C=O) groups is 2. The Morgan fingerprint density at radius 2 is 1.71 bits per heavy atom. The molecule has 2 amide bonds. The van der Waals surface area contributed by atoms with Gasteiger partial charge in [0.05, 0.1) is 0 Å². The minimum absolute atomic E-state index is 0.0633. The van der Waals surface area contributed by atoms with E-state index in [1.165, 1.54) is 17.9 Å². The summed E-state index contributed by atoms with van der Waals surface area (Å²) in [6.45, 7) is 9.66. The number of halogens is 1. The van der Waals surface area contributed by atoms with E-state index in [0.29, 0.717) is 24.1 Å². The van der Waals surface area contributed by atoms with Crippen LogP contribution in [0.2, 0.25) is 0 Å². The summed E-state index contributed by atoms with van der Waals surface area (Å²) >= 11 is 0. The van der Waals surface area contributed by atoms with Gasteiger partial charge in [-0.3, -0.25) is 9.59 Å². The lowest BCUT2D eigenvalue weighted by Gasteiger charge is -2.48. The number of nitrogens with one attached hydrogen (secondary N) is 1. The predicted octanol–water partition coefficient (Wildman–Crippen LogP) is 3.54. The number of rotatable bonds is 4. The number of amides is 2. The number of hydrogen-bond acceptors (Lipinski definition) is 4. The molecule has 0 spiro atoms. The molecule has 0 aliphatic carbocycles. The van der Waals surface area contributed by atoms with Gasteiger partial charge in [0.25, 0.3) is 21.8 Å². The average Bonchev–Trinajstić information content (AvgIpc) is 2.67. The lowest BCUT2D eigenvalue weighted by atomic mass is 9.84. The first-order valence-corrected chi connectivity index (χ1v) is 11.5. The van der Waals surface area contributed by atoms with E-state index in [4.69, 9.17) is 0 Å². The van der Waals surface area contributed by atoms with Crippen molar-refractivity contribution >= 4 is 21.8 Å². The third-order valence-corrected chi connectivity index (χ3v) is 7.10. The van der Waals surface area contributed by atoms with Gasteiger partial charge in [0.1, 0.15) is 16.3 Å². The fourth-order valence-corrected chi connectivity index (χ4v) is 4.73. The van der Waals surface area contributed by atoms with Crippen LogP contribution in [0.25, 0.3) is 0 Å². The molecule has 2 aromatic rings. The Bertz CT molecular complexity index is 1140. The zero-order chi connectivity index (χ0) is 23.2. The molecule has 0 bridgehead atoms. The number of likely N-dealkylation sites (tertiary alicyclic amines) is 1. The summed E-state index contributed by atoms with van der Waals surface area (Å²) in [6, 6.07) is 10.8. The fourth-order valence-electron chi connectivity index (χ4n) is 3.49. The predicted molar refractivity (Wildman–Crippen MR) is 116 cm³/mol. The summed E-state index contributed by atoms with van der Waals surface area (Å²) in [5, 5.41) is 0. The molecule has 166 valence electrons. The number of aryl methyl sites for hydroxylation is 1. The Hall–Kier alpha value is -2.74. The van der Waals surface area contributed by atoms with E-state index < -0.39 is 32.2 Å². The topological polar surface area (TPSA) is 83.6 Å². The first-order valence-electron chi connectivity index (χ1n) is 10.0. The van der Waals surface area contributed by atoms with Crippen molar-refractivity contribution in [3.05, 3.63) is 65.0 Å². The Morgan fingerprint density at radius 3 is 2.23 bits per heavy atom. The second-order valence-corrected chi connectivity index (χ2v) is 10.8. The van der Waals surface area contributed by atoms with Crippen LogP contribution in [0.1, 0.15) is 55.6 Å². The Morgan fingerprint density at radius 1 is 1.10 bits per heavy atom. The van der Waals surface area contributed by atoms with Crippen LogP contribution in [-0.4, -0.2) is 37.2 Å². The smallest absolute Gasteiger partial charge is 0.267 e. The van der Waals surface area contributed by atoms with Gasteiger partial charge >= 0.3 is 0 Å². The second-order valence-electron chi connectivity index (χ2n) is 9.18. The van der Waals surface area contributed by atoms with E-state index in [2.05, 4.69) is 20.8 Å². The number of hydrogen-bond donors (Lipinski definition) is 1. The summed E-state index contributed by atoms with van der Waals surface area (Å²) in [6.07, 6.45) is 0.302. The van der Waals surface area contributed by atoms with Crippen molar-refractivity contribution in [2.24, 2.45) is 0 Å². The van der Waals surface area contributed by atoms with Crippen LogP contribution in [0.3, 0.4) is 0 Å². The molecule has 1 heterocycles. The van der Waals surface area contributed by atoms with Crippen molar-refractivity contribution in [1.29, 1.82) is 0 Å². The van der Waals surface area contributed by atoms with Gasteiger partial charge in [-0.1, -0.05) is 39.0 Å². The minimum atomic E-state index is -4.42. The highest BCUT2D eigenvalue weighted by molar-refractivity contribution is 7.90. The van der Waals surface area contributed by atoms with Gasteiger partial charge in [-0.05, 0) is 61.1 Å². The standard InChI is InChI=1S/C23H27FN2O4S/c1-15-6-11-18(24)19(14-15)31(29,30)25-21(28)23(5)12-13-26(23)20(27)16-7-9-17(10-8-16)22(2,3)4/h6-11,14H,12-13H2,1-5H3,(H,25,28). The third-order valence-electron chi connectivity index (χ3n) is 5.75. The Kier molecular flexibility index (Phi) is 5.73. The van der Waals surface area contributed by atoms with Crippen molar-refractivity contribution in [3.63, 3.8) is 0 Å². The number of sulfonamides is 1. The molecule has 8 heteroatoms. The molecule has 6 nitrogen and oxygen atoms in total. The van der Waals surface area contributed by atoms with Crippen molar-refractivity contribution < 1.29 is 22.4 Å². The van der Waals surface area contributed by atoms with E-state index in [9.17, 15) is 22.4 Å². The van der Waals surface area contributed by atoms with Crippen LogP contribution in [0, 0.1) is 12.7 Å². The number of benzene rings is 2. The molecule has 3 rings (SSSR count). The maximum Gasteiger partial charge on any atom is 0.267 e. The van der Waals surface area contributed by atoms with E-state index in [1.807, 2.05) is 16.9 Å². The minimum Gasteiger partial charge on any atom is -0.324 e. The number of carbonyl (C=O) groups excluding carboxylic acids is 2. The highest BCUT2D eigenvalue weighted by Crippen LogP contribution is 2.33. The van der Waals surface area contributed by atoms with Gasteiger partial charge in [-0.25, -0.2) is 17.5 Å². The zero-order valence-electron chi connectivity index (χ0n) is 18.3. The van der Waals surface area contributed by atoms with Crippen LogP contribution in [0.4, 0.5) is 4.39 Å². The van der Waals surface area contributed by atoms with E-state index in [1.54, 1.807) is 19.1 Å². The molecule has 0 saturated carbocycles. The van der Waals surface area contributed by atoms with Crippen molar-refractivity contribution in [1.82, 2.24) is 9.62 Å². The lowest BCUT2D eigenvalue weighted by molar-refractivity contribution is -0.135. The Balaban J connectivity index is 1.80. The molecule has 1 atom stereocenters. The number of nitrogens with zero attached hydrogens (tertiary/aromatic N) is 1. The maximum atomic E-state index is 14.1. The van der Waals surface area contributed by atoms with E-state index in [0.717, 1.165) is 17.7 Å². The van der Waals surface area contributed by atoms with Gasteiger partial charge in [0.2, 0.25) is 0 Å². The second kappa shape index (κ2) is 7.75. The molecule has 1 saturated heterocycles.